The Morgan fingerprint density at radius 1 is 0.947 bits per heavy atom. The maximum absolute atomic E-state index is 12.7. The van der Waals surface area contributed by atoms with E-state index < -0.39 is 11.5 Å². The first-order chi connectivity index (χ1) is 18.1. The number of hydrogen-bond acceptors (Lipinski definition) is 3. The number of H-pyrrole nitrogens is 1. The molecule has 6 rings (SSSR count). The number of aromatic amines is 1. The molecule has 5 N–H and O–H groups in total. The van der Waals surface area contributed by atoms with Gasteiger partial charge in [-0.2, -0.15) is 0 Å². The van der Waals surface area contributed by atoms with E-state index in [-0.39, 0.29) is 5.91 Å². The van der Waals surface area contributed by atoms with E-state index in [1.54, 1.807) is 19.9 Å². The number of aromatic nitrogens is 1. The van der Waals surface area contributed by atoms with E-state index in [2.05, 4.69) is 10.3 Å². The fourth-order valence-electron chi connectivity index (χ4n) is 5.36. The summed E-state index contributed by atoms with van der Waals surface area (Å²) in [6.07, 6.45) is 1.93. The topological polar surface area (TPSA) is 108 Å². The van der Waals surface area contributed by atoms with Gasteiger partial charge in [0.15, 0.2) is 0 Å². The van der Waals surface area contributed by atoms with Crippen molar-refractivity contribution in [1.82, 2.24) is 4.98 Å². The minimum Gasteiger partial charge on any atom is -0.386 e. The molecule has 0 unspecified atom stereocenters. The average Bonchev–Trinajstić information content (AvgIpc) is 3.41. The quantitative estimate of drug-likeness (QED) is 0.223. The number of benzene rings is 4. The highest BCUT2D eigenvalue weighted by Gasteiger charge is 2.24. The molecular formula is C32H27N3O3. The van der Waals surface area contributed by atoms with Crippen LogP contribution in [0.3, 0.4) is 0 Å². The van der Waals surface area contributed by atoms with Crippen LogP contribution in [-0.4, -0.2) is 21.9 Å². The van der Waals surface area contributed by atoms with Crippen LogP contribution in [0.1, 0.15) is 46.5 Å². The Hall–Kier alpha value is -4.68. The molecule has 2 amide bonds. The average molecular weight is 502 g/mol. The molecule has 0 bridgehead atoms. The third-order valence-corrected chi connectivity index (χ3v) is 7.40. The Kier molecular flexibility index (Phi) is 5.26. The molecule has 5 aromatic rings. The zero-order valence-electron chi connectivity index (χ0n) is 21.3. The fourth-order valence-corrected chi connectivity index (χ4v) is 5.36. The summed E-state index contributed by atoms with van der Waals surface area (Å²) in [4.78, 5) is 28.5. The molecule has 4 aromatic carbocycles. The fraction of sp³-hybridized carbons (Fsp3) is 0.125. The Balaban J connectivity index is 1.58. The summed E-state index contributed by atoms with van der Waals surface area (Å²) in [6.45, 7) is 5.52. The van der Waals surface area contributed by atoms with E-state index in [0.29, 0.717) is 16.7 Å². The van der Waals surface area contributed by atoms with Crippen LogP contribution in [0.15, 0.2) is 72.8 Å². The Bertz CT molecular complexity index is 1840. The number of para-hydroxylation sites is 1. The highest BCUT2D eigenvalue weighted by atomic mass is 16.3. The second-order valence-corrected chi connectivity index (χ2v) is 10.3. The van der Waals surface area contributed by atoms with Crippen LogP contribution in [0.5, 0.6) is 0 Å². The van der Waals surface area contributed by atoms with Gasteiger partial charge in [-0.05, 0) is 72.9 Å². The van der Waals surface area contributed by atoms with Gasteiger partial charge >= 0.3 is 0 Å². The number of hydrogen-bond donors (Lipinski definition) is 4. The number of carbonyl (C=O) groups excluding carboxylic acids is 2. The third-order valence-electron chi connectivity index (χ3n) is 7.40. The van der Waals surface area contributed by atoms with Gasteiger partial charge in [0.1, 0.15) is 0 Å². The van der Waals surface area contributed by atoms with Gasteiger partial charge in [0.05, 0.1) is 16.7 Å². The van der Waals surface area contributed by atoms with Crippen molar-refractivity contribution >= 4 is 51.0 Å². The maximum Gasteiger partial charge on any atom is 0.256 e. The summed E-state index contributed by atoms with van der Waals surface area (Å²) in [5, 5.41) is 15.3. The smallest absolute Gasteiger partial charge is 0.256 e. The molecule has 1 aromatic heterocycles. The van der Waals surface area contributed by atoms with Gasteiger partial charge in [-0.15, -0.1) is 0 Å². The van der Waals surface area contributed by atoms with Crippen LogP contribution < -0.4 is 11.1 Å². The van der Waals surface area contributed by atoms with Crippen LogP contribution >= 0.6 is 0 Å². The molecular weight excluding hydrogens is 474 g/mol. The van der Waals surface area contributed by atoms with Gasteiger partial charge in [-0.25, -0.2) is 0 Å². The van der Waals surface area contributed by atoms with Crippen molar-refractivity contribution in [3.63, 3.8) is 0 Å². The largest absolute Gasteiger partial charge is 0.386 e. The van der Waals surface area contributed by atoms with E-state index in [1.807, 2.05) is 79.7 Å². The second-order valence-electron chi connectivity index (χ2n) is 10.3. The van der Waals surface area contributed by atoms with Gasteiger partial charge in [-0.1, -0.05) is 54.6 Å². The van der Waals surface area contributed by atoms with Gasteiger partial charge in [0.2, 0.25) is 0 Å². The summed E-state index contributed by atoms with van der Waals surface area (Å²) >= 11 is 0. The Labute approximate surface area is 219 Å². The first-order valence-electron chi connectivity index (χ1n) is 12.5. The number of carbonyl (C=O) groups is 2. The summed E-state index contributed by atoms with van der Waals surface area (Å²) in [7, 11) is 0. The van der Waals surface area contributed by atoms with E-state index in [1.165, 1.54) is 0 Å². The normalized spacial score (nSPS) is 14.3. The number of amides is 2. The molecule has 6 heteroatoms. The Morgan fingerprint density at radius 3 is 2.47 bits per heavy atom. The summed E-state index contributed by atoms with van der Waals surface area (Å²) in [6, 6.07) is 23.1. The first kappa shape index (κ1) is 23.7. The SMILES string of the molecule is Cc1c(C=C2C(=O)Nc3ccccc32)cccc1-c1ccc(C(N)=O)c2[nH]c3cc(C(C)(C)O)ccc3c12. The van der Waals surface area contributed by atoms with Gasteiger partial charge in [0, 0.05) is 33.1 Å². The van der Waals surface area contributed by atoms with Crippen LogP contribution in [-0.2, 0) is 10.4 Å². The number of fused-ring (bicyclic) bond motifs is 4. The molecule has 6 nitrogen and oxygen atoms in total. The number of rotatable bonds is 4. The molecule has 1 aliphatic heterocycles. The predicted octanol–water partition coefficient (Wildman–Crippen LogP) is 6.12. The Morgan fingerprint density at radius 2 is 1.71 bits per heavy atom. The van der Waals surface area contributed by atoms with Crippen molar-refractivity contribution in [2.75, 3.05) is 5.32 Å². The standard InChI is InChI=1S/C32H27N3O3/c1-17-18(15-25-21-8-4-5-10-26(21)35-31(25)37)7-6-9-20(17)22-13-14-24(30(33)36)29-28(22)23-12-11-19(32(2,3)38)16-27(23)34-29/h4-16,34,38H,1-3H3,(H2,33,36)(H,35,37). The lowest BCUT2D eigenvalue weighted by Gasteiger charge is -2.17. The summed E-state index contributed by atoms with van der Waals surface area (Å²) in [5.74, 6) is -0.639. The molecule has 0 saturated heterocycles. The van der Waals surface area contributed by atoms with Crippen molar-refractivity contribution in [3.8, 4) is 11.1 Å². The molecule has 1 aliphatic rings. The van der Waals surface area contributed by atoms with E-state index in [0.717, 1.165) is 55.4 Å². The number of anilines is 1. The van der Waals surface area contributed by atoms with Gasteiger partial charge in [-0.3, -0.25) is 9.59 Å². The lowest BCUT2D eigenvalue weighted by Crippen LogP contribution is -2.14. The molecule has 38 heavy (non-hydrogen) atoms. The second kappa shape index (κ2) is 8.43. The van der Waals surface area contributed by atoms with Crippen LogP contribution in [0.2, 0.25) is 0 Å². The lowest BCUT2D eigenvalue weighted by molar-refractivity contribution is -0.110. The van der Waals surface area contributed by atoms with E-state index in [4.69, 9.17) is 5.73 Å². The van der Waals surface area contributed by atoms with Crippen molar-refractivity contribution in [1.29, 1.82) is 0 Å². The van der Waals surface area contributed by atoms with E-state index >= 15 is 0 Å². The lowest BCUT2D eigenvalue weighted by atomic mass is 9.90. The van der Waals surface area contributed by atoms with Crippen LogP contribution in [0, 0.1) is 6.92 Å². The minimum atomic E-state index is -1.01. The molecule has 0 fully saturated rings. The molecule has 0 spiro atoms. The monoisotopic (exact) mass is 501 g/mol. The van der Waals surface area contributed by atoms with Gasteiger partial charge in [0.25, 0.3) is 11.8 Å². The number of primary amides is 1. The maximum atomic E-state index is 12.7. The van der Waals surface area contributed by atoms with Crippen molar-refractivity contribution in [3.05, 3.63) is 101 Å². The summed E-state index contributed by atoms with van der Waals surface area (Å²) in [5.41, 5.74) is 13.6. The molecule has 0 radical (unpaired) electrons. The highest BCUT2D eigenvalue weighted by Crippen LogP contribution is 2.40. The van der Waals surface area contributed by atoms with Crippen LogP contribution in [0.4, 0.5) is 5.69 Å². The molecule has 0 saturated carbocycles. The first-order valence-corrected chi connectivity index (χ1v) is 12.5. The molecule has 0 atom stereocenters. The zero-order valence-corrected chi connectivity index (χ0v) is 21.3. The van der Waals surface area contributed by atoms with E-state index in [9.17, 15) is 14.7 Å². The predicted molar refractivity (Wildman–Crippen MR) is 153 cm³/mol. The zero-order chi connectivity index (χ0) is 26.8. The van der Waals surface area contributed by atoms with Gasteiger partial charge < -0.3 is 21.1 Å². The summed E-state index contributed by atoms with van der Waals surface area (Å²) < 4.78 is 0. The van der Waals surface area contributed by atoms with Crippen LogP contribution in [0.25, 0.3) is 44.6 Å². The number of nitrogens with two attached hydrogens (primary N) is 1. The van der Waals surface area contributed by atoms with Crippen molar-refractivity contribution in [2.45, 2.75) is 26.4 Å². The van der Waals surface area contributed by atoms with Crippen molar-refractivity contribution in [2.24, 2.45) is 5.73 Å². The highest BCUT2D eigenvalue weighted by molar-refractivity contribution is 6.35. The third kappa shape index (κ3) is 3.69. The minimum absolute atomic E-state index is 0.122. The number of aliphatic hydroxyl groups is 1. The number of nitrogens with one attached hydrogen (secondary N) is 2. The molecule has 2 heterocycles. The molecule has 188 valence electrons. The van der Waals surface area contributed by atoms with Crippen molar-refractivity contribution < 1.29 is 14.7 Å². The molecule has 0 aliphatic carbocycles.